The minimum atomic E-state index is 0.197. The average molecular weight is 342 g/mol. The molecule has 0 unspecified atom stereocenters. The predicted octanol–water partition coefficient (Wildman–Crippen LogP) is 3.89. The van der Waals surface area contributed by atoms with Crippen molar-refractivity contribution < 1.29 is 4.42 Å². The van der Waals surface area contributed by atoms with Crippen LogP contribution in [0.4, 0.5) is 5.82 Å². The summed E-state index contributed by atoms with van der Waals surface area (Å²) in [4.78, 5) is 11.6. The molecule has 0 radical (unpaired) electrons. The zero-order valence-corrected chi connectivity index (χ0v) is 12.3. The van der Waals surface area contributed by atoms with E-state index in [0.29, 0.717) is 18.0 Å². The van der Waals surface area contributed by atoms with E-state index in [4.69, 9.17) is 16.0 Å². The van der Waals surface area contributed by atoms with Crippen molar-refractivity contribution in [3.05, 3.63) is 39.6 Å². The minimum absolute atomic E-state index is 0.197. The van der Waals surface area contributed by atoms with Crippen molar-refractivity contribution in [1.29, 1.82) is 0 Å². The van der Waals surface area contributed by atoms with E-state index < -0.39 is 0 Å². The molecule has 5 nitrogen and oxygen atoms in total. The van der Waals surface area contributed by atoms with Crippen LogP contribution in [-0.2, 0) is 6.54 Å². The Hall–Kier alpha value is -1.53. The molecule has 0 fully saturated rings. The van der Waals surface area contributed by atoms with Crippen LogP contribution in [0, 0.1) is 6.92 Å². The first-order chi connectivity index (χ1) is 9.15. The van der Waals surface area contributed by atoms with Crippen LogP contribution in [0.2, 0.25) is 5.28 Å². The van der Waals surface area contributed by atoms with Crippen LogP contribution in [0.5, 0.6) is 0 Å². The first-order valence-electron chi connectivity index (χ1n) is 5.62. The van der Waals surface area contributed by atoms with Crippen LogP contribution >= 0.6 is 27.5 Å². The third-order valence-corrected chi connectivity index (χ3v) is 3.91. The number of rotatable bonds is 3. The highest BCUT2D eigenvalue weighted by atomic mass is 79.9. The Morgan fingerprint density at radius 3 is 3.05 bits per heavy atom. The number of aryl methyl sites for hydroxylation is 1. The largest absolute Gasteiger partial charge is 0.467 e. The molecule has 0 bridgehead atoms. The number of anilines is 1. The molecule has 0 aromatic carbocycles. The molecule has 3 heterocycles. The van der Waals surface area contributed by atoms with Crippen molar-refractivity contribution in [1.82, 2.24) is 15.0 Å². The lowest BCUT2D eigenvalue weighted by molar-refractivity contribution is 0.518. The van der Waals surface area contributed by atoms with Crippen LogP contribution in [0.1, 0.15) is 11.5 Å². The van der Waals surface area contributed by atoms with E-state index >= 15 is 0 Å². The molecule has 0 aliphatic heterocycles. The van der Waals surface area contributed by atoms with Crippen LogP contribution in [0.3, 0.4) is 0 Å². The topological polar surface area (TPSA) is 66.7 Å². The van der Waals surface area contributed by atoms with E-state index in [9.17, 15) is 0 Å². The molecule has 3 aromatic rings. The van der Waals surface area contributed by atoms with Gasteiger partial charge in [-0.2, -0.15) is 9.97 Å². The fourth-order valence-electron chi connectivity index (χ4n) is 1.86. The van der Waals surface area contributed by atoms with Crippen molar-refractivity contribution in [3.63, 3.8) is 0 Å². The highest BCUT2D eigenvalue weighted by molar-refractivity contribution is 9.10. The van der Waals surface area contributed by atoms with Crippen molar-refractivity contribution in [2.24, 2.45) is 0 Å². The first kappa shape index (κ1) is 12.5. The number of nitrogens with zero attached hydrogens (tertiary/aromatic N) is 2. The van der Waals surface area contributed by atoms with Crippen LogP contribution < -0.4 is 5.32 Å². The van der Waals surface area contributed by atoms with Gasteiger partial charge in [-0.05, 0) is 46.6 Å². The molecule has 0 saturated carbocycles. The number of hydrogen-bond acceptors (Lipinski definition) is 4. The highest BCUT2D eigenvalue weighted by Crippen LogP contribution is 2.32. The maximum atomic E-state index is 5.93. The van der Waals surface area contributed by atoms with Gasteiger partial charge in [0.05, 0.1) is 22.7 Å². The minimum Gasteiger partial charge on any atom is -0.467 e. The Morgan fingerprint density at radius 2 is 2.32 bits per heavy atom. The lowest BCUT2D eigenvalue weighted by Gasteiger charge is -2.05. The van der Waals surface area contributed by atoms with Gasteiger partial charge in [-0.3, -0.25) is 0 Å². The number of H-pyrrole nitrogens is 1. The van der Waals surface area contributed by atoms with E-state index in [1.165, 1.54) is 0 Å². The van der Waals surface area contributed by atoms with Gasteiger partial charge >= 0.3 is 0 Å². The molecule has 2 N–H and O–H groups in total. The van der Waals surface area contributed by atoms with Gasteiger partial charge in [-0.1, -0.05) is 0 Å². The Kier molecular flexibility index (Phi) is 3.20. The van der Waals surface area contributed by atoms with Gasteiger partial charge in [0.15, 0.2) is 0 Å². The molecule has 3 rings (SSSR count). The molecule has 0 aliphatic rings. The summed E-state index contributed by atoms with van der Waals surface area (Å²) >= 11 is 9.45. The molecule has 0 atom stereocenters. The van der Waals surface area contributed by atoms with Gasteiger partial charge in [-0.25, -0.2) is 0 Å². The summed E-state index contributed by atoms with van der Waals surface area (Å²) < 4.78 is 6.21. The predicted molar refractivity (Wildman–Crippen MR) is 77.4 cm³/mol. The second-order valence-corrected chi connectivity index (χ2v) is 5.19. The number of nitrogens with one attached hydrogen (secondary N) is 2. The molecule has 19 heavy (non-hydrogen) atoms. The van der Waals surface area contributed by atoms with E-state index in [1.807, 2.05) is 19.1 Å². The van der Waals surface area contributed by atoms with Gasteiger partial charge in [0.2, 0.25) is 5.28 Å². The summed E-state index contributed by atoms with van der Waals surface area (Å²) in [6.45, 7) is 2.49. The Balaban J connectivity index is 2.01. The number of furan rings is 1. The summed E-state index contributed by atoms with van der Waals surface area (Å²) in [5, 5.41) is 4.29. The molecular weight excluding hydrogens is 332 g/mol. The van der Waals surface area contributed by atoms with E-state index in [-0.39, 0.29) is 5.28 Å². The van der Waals surface area contributed by atoms with Gasteiger partial charge in [-0.15, -0.1) is 0 Å². The van der Waals surface area contributed by atoms with Gasteiger partial charge in [0.1, 0.15) is 17.2 Å². The maximum absolute atomic E-state index is 5.93. The lowest BCUT2D eigenvalue weighted by atomic mass is 10.3. The van der Waals surface area contributed by atoms with Gasteiger partial charge < -0.3 is 14.7 Å². The second-order valence-electron chi connectivity index (χ2n) is 4.06. The van der Waals surface area contributed by atoms with Crippen molar-refractivity contribution in [2.75, 3.05) is 5.32 Å². The molecule has 98 valence electrons. The molecule has 3 aromatic heterocycles. The summed E-state index contributed by atoms with van der Waals surface area (Å²) in [6.07, 6.45) is 1.63. The molecule has 0 amide bonds. The third kappa shape index (κ3) is 2.33. The van der Waals surface area contributed by atoms with Crippen LogP contribution in [-0.4, -0.2) is 15.0 Å². The monoisotopic (exact) mass is 340 g/mol. The van der Waals surface area contributed by atoms with Gasteiger partial charge in [0, 0.05) is 5.69 Å². The lowest BCUT2D eigenvalue weighted by Crippen LogP contribution is -2.02. The summed E-state index contributed by atoms with van der Waals surface area (Å²) in [6, 6.07) is 3.74. The third-order valence-electron chi connectivity index (χ3n) is 2.75. The fraction of sp³-hybridized carbons (Fsp3) is 0.167. The number of aromatic nitrogens is 3. The SMILES string of the molecule is Cc1[nH]c2nc(Cl)nc(NCc3ccco3)c2c1Br. The van der Waals surface area contributed by atoms with E-state index in [0.717, 1.165) is 21.3 Å². The fourth-order valence-corrected chi connectivity index (χ4v) is 2.51. The number of hydrogen-bond donors (Lipinski definition) is 2. The van der Waals surface area contributed by atoms with E-state index in [1.54, 1.807) is 6.26 Å². The molecule has 0 aliphatic carbocycles. The van der Waals surface area contributed by atoms with Crippen LogP contribution in [0.25, 0.3) is 11.0 Å². The van der Waals surface area contributed by atoms with E-state index in [2.05, 4.69) is 36.2 Å². The molecule has 0 saturated heterocycles. The van der Waals surface area contributed by atoms with Crippen molar-refractivity contribution in [2.45, 2.75) is 13.5 Å². The van der Waals surface area contributed by atoms with Crippen molar-refractivity contribution in [3.8, 4) is 0 Å². The Morgan fingerprint density at radius 1 is 1.47 bits per heavy atom. The standard InChI is InChI=1S/C12H10BrClN4O/c1-6-9(13)8-10(15-5-7-3-2-4-19-7)17-12(14)18-11(8)16-6/h2-4H,5H2,1H3,(H2,15,16,17,18). The normalized spacial score (nSPS) is 11.1. The van der Waals surface area contributed by atoms with Crippen LogP contribution in [0.15, 0.2) is 27.3 Å². The Bertz CT molecular complexity index is 723. The summed E-state index contributed by atoms with van der Waals surface area (Å²) in [5.74, 6) is 1.49. The number of aromatic amines is 1. The zero-order chi connectivity index (χ0) is 13.4. The summed E-state index contributed by atoms with van der Waals surface area (Å²) in [7, 11) is 0. The quantitative estimate of drug-likeness (QED) is 0.709. The second kappa shape index (κ2) is 4.86. The molecular formula is C12H10BrClN4O. The maximum Gasteiger partial charge on any atom is 0.226 e. The van der Waals surface area contributed by atoms with Crippen molar-refractivity contribution >= 4 is 44.4 Å². The first-order valence-corrected chi connectivity index (χ1v) is 6.80. The summed E-state index contributed by atoms with van der Waals surface area (Å²) in [5.41, 5.74) is 1.68. The highest BCUT2D eigenvalue weighted by Gasteiger charge is 2.14. The zero-order valence-electron chi connectivity index (χ0n) is 10.00. The smallest absolute Gasteiger partial charge is 0.226 e. The molecule has 0 spiro atoms. The average Bonchev–Trinajstić information content (AvgIpc) is 2.96. The number of halogens is 2. The Labute approximate surface area is 122 Å². The van der Waals surface area contributed by atoms with Gasteiger partial charge in [0.25, 0.3) is 0 Å². The number of fused-ring (bicyclic) bond motifs is 1. The molecule has 7 heteroatoms.